The Kier molecular flexibility index (Phi) is 5.71. The molecular weight excluding hydrogens is 382 g/mol. The lowest BCUT2D eigenvalue weighted by Crippen LogP contribution is -2.27. The zero-order valence-electron chi connectivity index (χ0n) is 16.3. The number of aryl methyl sites for hydroxylation is 2. The average Bonchev–Trinajstić information content (AvgIpc) is 3.22. The Bertz CT molecular complexity index is 1030. The van der Waals surface area contributed by atoms with Gasteiger partial charge < -0.3 is 10.6 Å². The number of nitrogens with zero attached hydrogens (tertiary/aromatic N) is 1. The van der Waals surface area contributed by atoms with Gasteiger partial charge in [-0.15, -0.1) is 11.3 Å². The molecule has 6 heteroatoms. The van der Waals surface area contributed by atoms with Gasteiger partial charge >= 0.3 is 0 Å². The third-order valence-electron chi connectivity index (χ3n) is 5.28. The molecule has 0 fully saturated rings. The monoisotopic (exact) mass is 405 g/mol. The first-order valence-electron chi connectivity index (χ1n) is 9.83. The van der Waals surface area contributed by atoms with Crippen molar-refractivity contribution >= 4 is 28.8 Å². The Hall–Kier alpha value is -2.99. The standard InChI is InChI=1S/C23H23N3O2S/c1-15(18-7-6-16-4-2-3-5-19(16)14-18)25-23(28)21-20(10-13-29-21)26-22(27)17-8-11-24-12-9-17/h6-15H,2-5H2,1H3,(H,25,28)(H,26,27). The minimum absolute atomic E-state index is 0.111. The van der Waals surface area contributed by atoms with Crippen molar-refractivity contribution in [1.29, 1.82) is 0 Å². The van der Waals surface area contributed by atoms with Crippen LogP contribution < -0.4 is 10.6 Å². The molecule has 0 spiro atoms. The smallest absolute Gasteiger partial charge is 0.263 e. The molecule has 4 rings (SSSR count). The highest BCUT2D eigenvalue weighted by molar-refractivity contribution is 7.12. The Labute approximate surface area is 174 Å². The Morgan fingerprint density at radius 1 is 1.00 bits per heavy atom. The lowest BCUT2D eigenvalue weighted by Gasteiger charge is -2.20. The number of hydrogen-bond acceptors (Lipinski definition) is 4. The summed E-state index contributed by atoms with van der Waals surface area (Å²) >= 11 is 1.32. The van der Waals surface area contributed by atoms with Gasteiger partial charge in [0.2, 0.25) is 0 Å². The largest absolute Gasteiger partial charge is 0.345 e. The average molecular weight is 406 g/mol. The van der Waals surface area contributed by atoms with E-state index in [-0.39, 0.29) is 17.9 Å². The van der Waals surface area contributed by atoms with Crippen molar-refractivity contribution in [3.8, 4) is 0 Å². The maximum atomic E-state index is 12.9. The Morgan fingerprint density at radius 2 is 1.76 bits per heavy atom. The second kappa shape index (κ2) is 8.57. The number of pyridine rings is 1. The molecule has 0 saturated carbocycles. The van der Waals surface area contributed by atoms with Crippen molar-refractivity contribution in [3.05, 3.63) is 81.3 Å². The van der Waals surface area contributed by atoms with E-state index in [1.165, 1.54) is 35.3 Å². The Balaban J connectivity index is 1.45. The summed E-state index contributed by atoms with van der Waals surface area (Å²) < 4.78 is 0. The van der Waals surface area contributed by atoms with Crippen LogP contribution in [0.2, 0.25) is 0 Å². The van der Waals surface area contributed by atoms with Gasteiger partial charge in [0.15, 0.2) is 0 Å². The molecule has 0 aliphatic heterocycles. The summed E-state index contributed by atoms with van der Waals surface area (Å²) in [6.45, 7) is 1.99. The Morgan fingerprint density at radius 3 is 2.55 bits per heavy atom. The van der Waals surface area contributed by atoms with Crippen molar-refractivity contribution in [2.45, 2.75) is 38.6 Å². The number of hydrogen-bond donors (Lipinski definition) is 2. The number of thiophene rings is 1. The molecule has 1 aliphatic rings. The summed E-state index contributed by atoms with van der Waals surface area (Å²) in [6, 6.07) is 11.4. The van der Waals surface area contributed by atoms with Gasteiger partial charge in [-0.2, -0.15) is 0 Å². The van der Waals surface area contributed by atoms with Crippen molar-refractivity contribution < 1.29 is 9.59 Å². The zero-order valence-corrected chi connectivity index (χ0v) is 17.1. The van der Waals surface area contributed by atoms with E-state index in [0.717, 1.165) is 18.4 Å². The molecule has 2 N–H and O–H groups in total. The molecule has 2 aromatic heterocycles. The van der Waals surface area contributed by atoms with E-state index in [0.29, 0.717) is 16.1 Å². The predicted octanol–water partition coefficient (Wildman–Crippen LogP) is 4.77. The number of benzene rings is 1. The number of amides is 2. The molecule has 3 aromatic rings. The molecule has 148 valence electrons. The molecule has 0 radical (unpaired) electrons. The van der Waals surface area contributed by atoms with Crippen LogP contribution >= 0.6 is 11.3 Å². The number of aromatic nitrogens is 1. The third-order valence-corrected chi connectivity index (χ3v) is 6.20. The van der Waals surface area contributed by atoms with Crippen LogP contribution in [0.4, 0.5) is 5.69 Å². The van der Waals surface area contributed by atoms with E-state index in [4.69, 9.17) is 0 Å². The van der Waals surface area contributed by atoms with Gasteiger partial charge in [0.05, 0.1) is 11.7 Å². The van der Waals surface area contributed by atoms with Crippen LogP contribution in [0.15, 0.2) is 54.2 Å². The first-order valence-corrected chi connectivity index (χ1v) is 10.7. The number of fused-ring (bicyclic) bond motifs is 1. The number of carbonyl (C=O) groups is 2. The summed E-state index contributed by atoms with van der Waals surface area (Å²) in [6.07, 6.45) is 7.87. The first kappa shape index (κ1) is 19.3. The summed E-state index contributed by atoms with van der Waals surface area (Å²) in [5, 5.41) is 7.70. The molecule has 5 nitrogen and oxygen atoms in total. The van der Waals surface area contributed by atoms with E-state index in [9.17, 15) is 9.59 Å². The van der Waals surface area contributed by atoms with Gasteiger partial charge in [-0.25, -0.2) is 0 Å². The molecule has 1 aliphatic carbocycles. The fraction of sp³-hybridized carbons (Fsp3) is 0.261. The molecule has 1 aromatic carbocycles. The molecule has 29 heavy (non-hydrogen) atoms. The number of nitrogens with one attached hydrogen (secondary N) is 2. The van der Waals surface area contributed by atoms with E-state index in [2.05, 4.69) is 33.8 Å². The predicted molar refractivity (Wildman–Crippen MR) is 115 cm³/mol. The highest BCUT2D eigenvalue weighted by atomic mass is 32.1. The minimum Gasteiger partial charge on any atom is -0.345 e. The third kappa shape index (κ3) is 4.38. The SMILES string of the molecule is CC(NC(=O)c1sccc1NC(=O)c1ccncc1)c1ccc2c(c1)CCCC2. The molecule has 1 atom stereocenters. The highest BCUT2D eigenvalue weighted by Crippen LogP contribution is 2.27. The van der Waals surface area contributed by atoms with Crippen LogP contribution in [0.25, 0.3) is 0 Å². The van der Waals surface area contributed by atoms with Gasteiger partial charge in [0, 0.05) is 18.0 Å². The fourth-order valence-corrected chi connectivity index (χ4v) is 4.40. The fourth-order valence-electron chi connectivity index (χ4n) is 3.65. The number of anilines is 1. The topological polar surface area (TPSA) is 71.1 Å². The lowest BCUT2D eigenvalue weighted by atomic mass is 9.89. The molecular formula is C23H23N3O2S. The summed E-state index contributed by atoms with van der Waals surface area (Å²) in [4.78, 5) is 29.7. The van der Waals surface area contributed by atoms with Gasteiger partial charge in [0.25, 0.3) is 11.8 Å². The van der Waals surface area contributed by atoms with Crippen LogP contribution in [0.5, 0.6) is 0 Å². The summed E-state index contributed by atoms with van der Waals surface area (Å²) in [5.41, 5.74) is 4.96. The molecule has 0 bridgehead atoms. The van der Waals surface area contributed by atoms with E-state index >= 15 is 0 Å². The second-order valence-electron chi connectivity index (χ2n) is 7.28. The van der Waals surface area contributed by atoms with Crippen LogP contribution in [0.3, 0.4) is 0 Å². The van der Waals surface area contributed by atoms with Crippen LogP contribution in [0.1, 0.15) is 62.5 Å². The van der Waals surface area contributed by atoms with Crippen LogP contribution in [-0.4, -0.2) is 16.8 Å². The maximum absolute atomic E-state index is 12.9. The van der Waals surface area contributed by atoms with E-state index < -0.39 is 0 Å². The van der Waals surface area contributed by atoms with Gasteiger partial charge in [-0.05, 0) is 72.9 Å². The normalized spacial score (nSPS) is 14.0. The maximum Gasteiger partial charge on any atom is 0.263 e. The second-order valence-corrected chi connectivity index (χ2v) is 8.20. The quantitative estimate of drug-likeness (QED) is 0.643. The van der Waals surface area contributed by atoms with Crippen LogP contribution in [-0.2, 0) is 12.8 Å². The van der Waals surface area contributed by atoms with Crippen molar-refractivity contribution in [3.63, 3.8) is 0 Å². The van der Waals surface area contributed by atoms with E-state index in [1.807, 2.05) is 6.92 Å². The molecule has 2 amide bonds. The molecule has 0 saturated heterocycles. The van der Waals surface area contributed by atoms with Gasteiger partial charge in [-0.1, -0.05) is 18.2 Å². The molecule has 2 heterocycles. The lowest BCUT2D eigenvalue weighted by molar-refractivity contribution is 0.0945. The minimum atomic E-state index is -0.261. The van der Waals surface area contributed by atoms with E-state index in [1.54, 1.807) is 36.0 Å². The highest BCUT2D eigenvalue weighted by Gasteiger charge is 2.19. The van der Waals surface area contributed by atoms with Crippen molar-refractivity contribution in [2.75, 3.05) is 5.32 Å². The first-order chi connectivity index (χ1) is 14.1. The van der Waals surface area contributed by atoms with Gasteiger partial charge in [0.1, 0.15) is 4.88 Å². The van der Waals surface area contributed by atoms with Gasteiger partial charge in [-0.3, -0.25) is 14.6 Å². The molecule has 1 unspecified atom stereocenters. The van der Waals surface area contributed by atoms with Crippen LogP contribution in [0, 0.1) is 0 Å². The summed E-state index contributed by atoms with van der Waals surface area (Å²) in [5.74, 6) is -0.446. The number of carbonyl (C=O) groups excluding carboxylic acids is 2. The van der Waals surface area contributed by atoms with Crippen molar-refractivity contribution in [1.82, 2.24) is 10.3 Å². The van der Waals surface area contributed by atoms with Crippen molar-refractivity contribution in [2.24, 2.45) is 0 Å². The summed E-state index contributed by atoms with van der Waals surface area (Å²) in [7, 11) is 0. The zero-order chi connectivity index (χ0) is 20.2. The number of rotatable bonds is 5.